The summed E-state index contributed by atoms with van der Waals surface area (Å²) in [5.41, 5.74) is -0.0899. The first-order valence-electron chi connectivity index (χ1n) is 8.41. The zero-order valence-electron chi connectivity index (χ0n) is 14.4. The van der Waals surface area contributed by atoms with Crippen molar-refractivity contribution in [2.45, 2.75) is 32.4 Å². The Morgan fingerprint density at radius 3 is 2.96 bits per heavy atom. The van der Waals surface area contributed by atoms with Crippen molar-refractivity contribution < 1.29 is 18.7 Å². The summed E-state index contributed by atoms with van der Waals surface area (Å²) in [6, 6.07) is 5.70. The molecular weight excluding hydrogens is 357 g/mol. The summed E-state index contributed by atoms with van der Waals surface area (Å²) < 4.78 is 20.8. The number of ether oxygens (including phenoxy) is 1. The first-order valence-corrected chi connectivity index (χ1v) is 9.23. The summed E-state index contributed by atoms with van der Waals surface area (Å²) in [5, 5.41) is 2.84. The van der Waals surface area contributed by atoms with Crippen molar-refractivity contribution in [3.8, 4) is 0 Å². The number of rotatable bonds is 5. The lowest BCUT2D eigenvalue weighted by molar-refractivity contribution is -0.122. The van der Waals surface area contributed by atoms with Gasteiger partial charge in [0.25, 0.3) is 5.91 Å². The van der Waals surface area contributed by atoms with Gasteiger partial charge in [0.2, 0.25) is 5.91 Å². The summed E-state index contributed by atoms with van der Waals surface area (Å²) in [6.07, 6.45) is 3.78. The molecule has 0 spiro atoms. The van der Waals surface area contributed by atoms with Crippen LogP contribution >= 0.6 is 11.3 Å². The lowest BCUT2D eigenvalue weighted by Crippen LogP contribution is -2.35. The first-order chi connectivity index (χ1) is 12.5. The van der Waals surface area contributed by atoms with Crippen LogP contribution in [0.5, 0.6) is 0 Å². The Kier molecular flexibility index (Phi) is 5.95. The summed E-state index contributed by atoms with van der Waals surface area (Å²) in [5.74, 6) is -1.47. The molecule has 1 saturated heterocycles. The van der Waals surface area contributed by atoms with Crippen molar-refractivity contribution in [3.63, 3.8) is 0 Å². The number of halogens is 1. The third-order valence-corrected chi connectivity index (χ3v) is 4.94. The first kappa shape index (κ1) is 18.5. The number of benzene rings is 1. The Labute approximate surface area is 154 Å². The van der Waals surface area contributed by atoms with Gasteiger partial charge in [-0.2, -0.15) is 4.99 Å². The van der Waals surface area contributed by atoms with Gasteiger partial charge in [-0.05, 0) is 31.9 Å². The van der Waals surface area contributed by atoms with Crippen LogP contribution in [0.2, 0.25) is 0 Å². The average molecular weight is 377 g/mol. The van der Waals surface area contributed by atoms with Gasteiger partial charge in [-0.3, -0.25) is 9.59 Å². The maximum absolute atomic E-state index is 13.7. The summed E-state index contributed by atoms with van der Waals surface area (Å²) >= 11 is 1.28. The maximum atomic E-state index is 13.7. The van der Waals surface area contributed by atoms with Crippen LogP contribution in [0.4, 0.5) is 4.39 Å². The Bertz CT molecular complexity index is 869. The van der Waals surface area contributed by atoms with E-state index in [4.69, 9.17) is 4.74 Å². The van der Waals surface area contributed by atoms with Gasteiger partial charge in [0.05, 0.1) is 11.7 Å². The third kappa shape index (κ3) is 4.64. The van der Waals surface area contributed by atoms with Crippen LogP contribution in [0.15, 0.2) is 35.5 Å². The molecular formula is C18H20FN3O3S. The van der Waals surface area contributed by atoms with Gasteiger partial charge in [0.1, 0.15) is 12.4 Å². The van der Waals surface area contributed by atoms with Crippen LogP contribution in [-0.2, 0) is 16.1 Å². The predicted molar refractivity (Wildman–Crippen MR) is 95.3 cm³/mol. The van der Waals surface area contributed by atoms with E-state index in [-0.39, 0.29) is 24.1 Å². The molecule has 1 aromatic heterocycles. The fourth-order valence-electron chi connectivity index (χ4n) is 2.73. The molecule has 1 aromatic carbocycles. The Morgan fingerprint density at radius 2 is 2.23 bits per heavy atom. The van der Waals surface area contributed by atoms with Crippen LogP contribution in [0.3, 0.4) is 0 Å². The van der Waals surface area contributed by atoms with E-state index >= 15 is 0 Å². The van der Waals surface area contributed by atoms with Crippen molar-refractivity contribution in [2.24, 2.45) is 4.99 Å². The van der Waals surface area contributed by atoms with Crippen molar-refractivity contribution in [1.82, 2.24) is 9.88 Å². The Morgan fingerprint density at radius 1 is 1.42 bits per heavy atom. The van der Waals surface area contributed by atoms with Crippen molar-refractivity contribution >= 4 is 23.2 Å². The van der Waals surface area contributed by atoms with Crippen LogP contribution in [-0.4, -0.2) is 35.6 Å². The highest BCUT2D eigenvalue weighted by atomic mass is 32.1. The van der Waals surface area contributed by atoms with Gasteiger partial charge >= 0.3 is 0 Å². The van der Waals surface area contributed by atoms with E-state index in [0.717, 1.165) is 24.3 Å². The second-order valence-electron chi connectivity index (χ2n) is 6.09. The van der Waals surface area contributed by atoms with E-state index in [2.05, 4.69) is 10.3 Å². The van der Waals surface area contributed by atoms with Gasteiger partial charge in [-0.1, -0.05) is 12.1 Å². The second kappa shape index (κ2) is 8.37. The fourth-order valence-corrected chi connectivity index (χ4v) is 3.56. The highest BCUT2D eigenvalue weighted by Crippen LogP contribution is 2.11. The van der Waals surface area contributed by atoms with E-state index < -0.39 is 11.7 Å². The molecule has 1 fully saturated rings. The molecule has 0 bridgehead atoms. The number of carbonyl (C=O) groups is 2. The molecule has 1 aliphatic heterocycles. The SMILES string of the molecule is Cc1cn(CC(=O)NC[C@H]2CCCO2)c(=NC(=O)c2ccccc2F)s1. The van der Waals surface area contributed by atoms with Gasteiger partial charge < -0.3 is 14.6 Å². The fraction of sp³-hybridized carbons (Fsp3) is 0.389. The van der Waals surface area contributed by atoms with Crippen LogP contribution in [0.25, 0.3) is 0 Å². The van der Waals surface area contributed by atoms with Gasteiger partial charge in [0, 0.05) is 24.2 Å². The van der Waals surface area contributed by atoms with Crippen LogP contribution in [0.1, 0.15) is 28.1 Å². The molecule has 1 N–H and O–H groups in total. The van der Waals surface area contributed by atoms with Crippen molar-refractivity contribution in [2.75, 3.05) is 13.2 Å². The molecule has 1 aliphatic rings. The molecule has 2 amide bonds. The minimum Gasteiger partial charge on any atom is -0.376 e. The Hall–Kier alpha value is -2.32. The smallest absolute Gasteiger partial charge is 0.282 e. The largest absolute Gasteiger partial charge is 0.376 e. The lowest BCUT2D eigenvalue weighted by atomic mass is 10.2. The van der Waals surface area contributed by atoms with E-state index in [1.54, 1.807) is 16.8 Å². The molecule has 3 rings (SSSR count). The number of aromatic nitrogens is 1. The van der Waals surface area contributed by atoms with E-state index in [9.17, 15) is 14.0 Å². The molecule has 0 saturated carbocycles. The van der Waals surface area contributed by atoms with Gasteiger partial charge in [-0.15, -0.1) is 11.3 Å². The molecule has 2 heterocycles. The summed E-state index contributed by atoms with van der Waals surface area (Å²) in [6.45, 7) is 3.11. The van der Waals surface area contributed by atoms with Crippen molar-refractivity contribution in [3.05, 3.63) is 51.5 Å². The number of hydrogen-bond donors (Lipinski definition) is 1. The number of hydrogen-bond acceptors (Lipinski definition) is 4. The number of thiazole rings is 1. The number of aryl methyl sites for hydroxylation is 1. The minimum atomic E-state index is -0.668. The number of nitrogens with one attached hydrogen (secondary N) is 1. The minimum absolute atomic E-state index is 0.0421. The van der Waals surface area contributed by atoms with Crippen LogP contribution in [0, 0.1) is 12.7 Å². The number of nitrogens with zero attached hydrogens (tertiary/aromatic N) is 2. The highest BCUT2D eigenvalue weighted by molar-refractivity contribution is 7.09. The van der Waals surface area contributed by atoms with Gasteiger partial charge in [-0.25, -0.2) is 4.39 Å². The monoisotopic (exact) mass is 377 g/mol. The molecule has 0 aliphatic carbocycles. The third-order valence-electron chi connectivity index (χ3n) is 4.00. The number of carbonyl (C=O) groups excluding carboxylic acids is 2. The molecule has 1 atom stereocenters. The van der Waals surface area contributed by atoms with E-state index in [0.29, 0.717) is 11.3 Å². The second-order valence-corrected chi connectivity index (χ2v) is 7.30. The predicted octanol–water partition coefficient (Wildman–Crippen LogP) is 2.03. The molecule has 8 heteroatoms. The highest BCUT2D eigenvalue weighted by Gasteiger charge is 2.17. The number of amides is 2. The quantitative estimate of drug-likeness (QED) is 0.867. The normalized spacial score (nSPS) is 17.5. The lowest BCUT2D eigenvalue weighted by Gasteiger charge is -2.11. The zero-order valence-corrected chi connectivity index (χ0v) is 15.2. The summed E-state index contributed by atoms with van der Waals surface area (Å²) in [7, 11) is 0. The molecule has 6 nitrogen and oxygen atoms in total. The molecule has 26 heavy (non-hydrogen) atoms. The van der Waals surface area contributed by atoms with Crippen LogP contribution < -0.4 is 10.1 Å². The van der Waals surface area contributed by atoms with Crippen molar-refractivity contribution in [1.29, 1.82) is 0 Å². The molecule has 0 unspecified atom stereocenters. The standard InChI is InChI=1S/C18H20FN3O3S/c1-12-10-22(11-16(23)20-9-13-5-4-8-25-13)18(26-12)21-17(24)14-6-2-3-7-15(14)19/h2-3,6-7,10,13H,4-5,8-9,11H2,1H3,(H,20,23)/t13-/m1/s1. The Balaban J connectivity index is 1.72. The molecule has 138 valence electrons. The summed E-state index contributed by atoms with van der Waals surface area (Å²) in [4.78, 5) is 29.7. The maximum Gasteiger partial charge on any atom is 0.282 e. The van der Waals surface area contributed by atoms with E-state index in [1.165, 1.54) is 29.5 Å². The molecule has 0 radical (unpaired) electrons. The van der Waals surface area contributed by atoms with Gasteiger partial charge in [0.15, 0.2) is 4.80 Å². The van der Waals surface area contributed by atoms with E-state index in [1.807, 2.05) is 6.92 Å². The molecule has 2 aromatic rings. The topological polar surface area (TPSA) is 72.7 Å². The average Bonchev–Trinajstić information content (AvgIpc) is 3.23. The zero-order chi connectivity index (χ0) is 18.5.